The number of aromatic nitrogens is 5. The number of nitrogens with zero attached hydrogens (tertiary/aromatic N) is 4. The molecule has 2 aromatic heterocycles. The molecule has 222 valence electrons. The summed E-state index contributed by atoms with van der Waals surface area (Å²) in [5, 5.41) is 15.7. The molecule has 5 rings (SSSR count). The van der Waals surface area contributed by atoms with Crippen LogP contribution in [0.4, 0.5) is 0 Å². The summed E-state index contributed by atoms with van der Waals surface area (Å²) in [6.07, 6.45) is 10.1. The quantitative estimate of drug-likeness (QED) is 0.0809. The maximum atomic E-state index is 11.9. The van der Waals surface area contributed by atoms with E-state index in [1.54, 1.807) is 0 Å². The minimum Gasteiger partial charge on any atom is -0.494 e. The van der Waals surface area contributed by atoms with Crippen molar-refractivity contribution in [3.05, 3.63) is 102 Å². The zero-order chi connectivity index (χ0) is 29.7. The van der Waals surface area contributed by atoms with Gasteiger partial charge < -0.3 is 18.8 Å². The van der Waals surface area contributed by atoms with Gasteiger partial charge in [-0.05, 0) is 73.6 Å². The van der Waals surface area contributed by atoms with Crippen LogP contribution in [0.25, 0.3) is 23.1 Å². The van der Waals surface area contributed by atoms with E-state index < -0.39 is 0 Å². The molecular weight excluding hydrogens is 542 g/mol. The first kappa shape index (κ1) is 29.6. The van der Waals surface area contributed by atoms with E-state index in [0.29, 0.717) is 38.6 Å². The fourth-order valence-corrected chi connectivity index (χ4v) is 4.94. The van der Waals surface area contributed by atoms with Gasteiger partial charge in [-0.25, -0.2) is 0 Å². The van der Waals surface area contributed by atoms with Gasteiger partial charge in [0.05, 0.1) is 31.9 Å². The van der Waals surface area contributed by atoms with Gasteiger partial charge in [0.15, 0.2) is 5.82 Å². The Bertz CT molecular complexity index is 1600. The highest BCUT2D eigenvalue weighted by atomic mass is 16.5. The summed E-state index contributed by atoms with van der Waals surface area (Å²) in [6, 6.07) is 24.3. The van der Waals surface area contributed by atoms with Crippen molar-refractivity contribution in [2.75, 3.05) is 19.8 Å². The number of aryl methyl sites for hydroxylation is 1. The highest BCUT2D eigenvalue weighted by Gasteiger charge is 2.14. The van der Waals surface area contributed by atoms with E-state index in [0.717, 1.165) is 59.2 Å². The number of nitrogens with one attached hydrogen (secondary N) is 1. The van der Waals surface area contributed by atoms with Gasteiger partial charge in [0, 0.05) is 18.0 Å². The summed E-state index contributed by atoms with van der Waals surface area (Å²) in [4.78, 5) is 11.9. The summed E-state index contributed by atoms with van der Waals surface area (Å²) in [5.41, 5.74) is 4.42. The maximum Gasteiger partial charge on any atom is 0.305 e. The highest BCUT2D eigenvalue weighted by molar-refractivity contribution is 5.93. The molecular formula is C34H37N5O4. The number of ether oxygens (including phenoxy) is 3. The Kier molecular flexibility index (Phi) is 10.6. The third kappa shape index (κ3) is 8.54. The molecule has 5 aromatic rings. The highest BCUT2D eigenvalue weighted by Crippen LogP contribution is 2.28. The number of para-hydroxylation sites is 2. The monoisotopic (exact) mass is 579 g/mol. The molecule has 0 fully saturated rings. The second kappa shape index (κ2) is 15.3. The van der Waals surface area contributed by atoms with Gasteiger partial charge in [-0.15, -0.1) is 10.2 Å². The van der Waals surface area contributed by atoms with Gasteiger partial charge in [0.1, 0.15) is 11.5 Å². The molecule has 9 nitrogen and oxygen atoms in total. The molecule has 0 aliphatic heterocycles. The molecule has 0 radical (unpaired) electrons. The lowest BCUT2D eigenvalue weighted by Crippen LogP contribution is -2.04. The lowest BCUT2D eigenvalue weighted by Gasteiger charge is -2.08. The Balaban J connectivity index is 1.21. The van der Waals surface area contributed by atoms with Gasteiger partial charge in [-0.3, -0.25) is 4.79 Å². The zero-order valence-electron chi connectivity index (χ0n) is 24.4. The van der Waals surface area contributed by atoms with Gasteiger partial charge >= 0.3 is 5.97 Å². The molecule has 0 atom stereocenters. The largest absolute Gasteiger partial charge is 0.494 e. The smallest absolute Gasteiger partial charge is 0.305 e. The molecule has 0 spiro atoms. The van der Waals surface area contributed by atoms with E-state index in [4.69, 9.17) is 14.2 Å². The number of rotatable bonds is 16. The molecule has 2 heterocycles. The molecule has 9 heteroatoms. The Morgan fingerprint density at radius 1 is 0.884 bits per heavy atom. The number of tetrazole rings is 1. The predicted molar refractivity (Wildman–Crippen MR) is 167 cm³/mol. The summed E-state index contributed by atoms with van der Waals surface area (Å²) in [6.45, 7) is 4.04. The van der Waals surface area contributed by atoms with Gasteiger partial charge in [-0.1, -0.05) is 65.9 Å². The fourth-order valence-electron chi connectivity index (χ4n) is 4.94. The minimum absolute atomic E-state index is 0.161. The van der Waals surface area contributed by atoms with Crippen LogP contribution in [0.3, 0.4) is 0 Å². The summed E-state index contributed by atoms with van der Waals surface area (Å²) >= 11 is 0. The SMILES string of the molecule is CCOC(=O)CCCc1cn(Cc2nn[nH]n2)c2c(/C=C/c3ccc(OCCCCOc4ccccc4)cc3)cccc12. The summed E-state index contributed by atoms with van der Waals surface area (Å²) in [7, 11) is 0. The Morgan fingerprint density at radius 3 is 2.37 bits per heavy atom. The number of esters is 1. The topological polar surface area (TPSA) is 104 Å². The van der Waals surface area contributed by atoms with Crippen LogP contribution >= 0.6 is 0 Å². The van der Waals surface area contributed by atoms with E-state index in [2.05, 4.69) is 73.9 Å². The standard InChI is InChI=1S/C34H37N5O4/c1-2-41-33(40)15-9-11-28-24-39(25-32-35-37-38-36-32)34-27(10-8-14-31(28)34)19-16-26-17-20-30(21-18-26)43-23-7-6-22-42-29-12-4-3-5-13-29/h3-5,8,10,12-14,16-21,24H,2,6-7,9,11,15,22-23,25H2,1H3,(H,35,36,37,38)/b19-16+. The molecule has 0 saturated heterocycles. The van der Waals surface area contributed by atoms with Crippen LogP contribution in [0, 0.1) is 0 Å². The van der Waals surface area contributed by atoms with Crippen molar-refractivity contribution in [1.29, 1.82) is 0 Å². The number of hydrogen-bond acceptors (Lipinski definition) is 7. The van der Waals surface area contributed by atoms with Gasteiger partial charge in [0.25, 0.3) is 0 Å². The summed E-state index contributed by atoms with van der Waals surface area (Å²) < 4.78 is 18.9. The average molecular weight is 580 g/mol. The van der Waals surface area contributed by atoms with Crippen molar-refractivity contribution < 1.29 is 19.0 Å². The van der Waals surface area contributed by atoms with Crippen molar-refractivity contribution in [2.45, 2.75) is 45.6 Å². The Morgan fingerprint density at radius 2 is 1.65 bits per heavy atom. The van der Waals surface area contributed by atoms with Gasteiger partial charge in [-0.2, -0.15) is 5.21 Å². The van der Waals surface area contributed by atoms with E-state index in [-0.39, 0.29) is 5.97 Å². The Labute approximate surface area is 251 Å². The van der Waals surface area contributed by atoms with E-state index >= 15 is 0 Å². The van der Waals surface area contributed by atoms with E-state index in [9.17, 15) is 4.79 Å². The van der Waals surface area contributed by atoms with Crippen molar-refractivity contribution >= 4 is 29.0 Å². The molecule has 0 aliphatic rings. The first-order valence-electron chi connectivity index (χ1n) is 14.8. The van der Waals surface area contributed by atoms with Crippen LogP contribution in [-0.2, 0) is 22.5 Å². The number of fused-ring (bicyclic) bond motifs is 1. The Hall–Kier alpha value is -4.92. The number of unbranched alkanes of at least 4 members (excludes halogenated alkanes) is 1. The second-order valence-electron chi connectivity index (χ2n) is 10.1. The first-order chi connectivity index (χ1) is 21.2. The molecule has 0 saturated carbocycles. The lowest BCUT2D eigenvalue weighted by molar-refractivity contribution is -0.143. The van der Waals surface area contributed by atoms with Crippen molar-refractivity contribution in [1.82, 2.24) is 25.2 Å². The minimum atomic E-state index is -0.161. The first-order valence-corrected chi connectivity index (χ1v) is 14.8. The lowest BCUT2D eigenvalue weighted by atomic mass is 10.0. The number of aromatic amines is 1. The summed E-state index contributed by atoms with van der Waals surface area (Å²) in [5.74, 6) is 2.19. The zero-order valence-corrected chi connectivity index (χ0v) is 24.4. The molecule has 0 aliphatic carbocycles. The molecule has 3 aromatic carbocycles. The van der Waals surface area contributed by atoms with Crippen molar-refractivity contribution in [2.24, 2.45) is 0 Å². The third-order valence-corrected chi connectivity index (χ3v) is 7.00. The molecule has 0 unspecified atom stereocenters. The average Bonchev–Trinajstić information content (AvgIpc) is 3.67. The van der Waals surface area contributed by atoms with Crippen LogP contribution < -0.4 is 9.47 Å². The van der Waals surface area contributed by atoms with E-state index in [1.807, 2.05) is 49.4 Å². The second-order valence-corrected chi connectivity index (χ2v) is 10.1. The van der Waals surface area contributed by atoms with Crippen LogP contribution in [0.15, 0.2) is 79.0 Å². The number of carbonyl (C=O) groups is 1. The van der Waals surface area contributed by atoms with Crippen LogP contribution in [-0.4, -0.2) is 51.0 Å². The number of benzene rings is 3. The van der Waals surface area contributed by atoms with Crippen molar-refractivity contribution in [3.63, 3.8) is 0 Å². The van der Waals surface area contributed by atoms with Gasteiger partial charge in [0.2, 0.25) is 0 Å². The molecule has 0 amide bonds. The number of hydrogen-bond donors (Lipinski definition) is 1. The third-order valence-electron chi connectivity index (χ3n) is 7.00. The van der Waals surface area contributed by atoms with Crippen LogP contribution in [0.1, 0.15) is 55.1 Å². The molecule has 43 heavy (non-hydrogen) atoms. The van der Waals surface area contributed by atoms with Crippen LogP contribution in [0.5, 0.6) is 11.5 Å². The van der Waals surface area contributed by atoms with E-state index in [1.165, 1.54) is 5.56 Å². The van der Waals surface area contributed by atoms with Crippen LogP contribution in [0.2, 0.25) is 0 Å². The molecule has 0 bridgehead atoms. The van der Waals surface area contributed by atoms with Crippen molar-refractivity contribution in [3.8, 4) is 11.5 Å². The molecule has 1 N–H and O–H groups in total. The normalized spacial score (nSPS) is 11.3. The predicted octanol–water partition coefficient (Wildman–Crippen LogP) is 6.50. The number of H-pyrrole nitrogens is 1. The maximum absolute atomic E-state index is 11.9. The fraction of sp³-hybridized carbons (Fsp3) is 0.294. The number of carbonyl (C=O) groups excluding carboxylic acids is 1.